The maximum absolute atomic E-state index is 11.4. The van der Waals surface area contributed by atoms with Gasteiger partial charge in [-0.1, -0.05) is 6.42 Å². The number of ether oxygens (including phenoxy) is 1. The maximum atomic E-state index is 11.4. The van der Waals surface area contributed by atoms with Gasteiger partial charge in [-0.2, -0.15) is 0 Å². The van der Waals surface area contributed by atoms with E-state index in [0.717, 1.165) is 25.8 Å². The molecule has 4 heteroatoms. The summed E-state index contributed by atoms with van der Waals surface area (Å²) in [7, 11) is 0. The number of nitrogens with one attached hydrogen (secondary N) is 1. The van der Waals surface area contributed by atoms with Crippen LogP contribution in [-0.2, 0) is 14.3 Å². The monoisotopic (exact) mass is 185 g/mol. The predicted octanol–water partition coefficient (Wildman–Crippen LogP) is 0.261. The Balaban J connectivity index is 2.40. The largest absolute Gasteiger partial charge is 0.460 e. The van der Waals surface area contributed by atoms with Crippen LogP contribution in [0.4, 0.5) is 0 Å². The van der Waals surface area contributed by atoms with Gasteiger partial charge in [-0.25, -0.2) is 4.79 Å². The Hall–Kier alpha value is -0.900. The van der Waals surface area contributed by atoms with Crippen molar-refractivity contribution in [3.05, 3.63) is 0 Å². The molecule has 1 atom stereocenters. The van der Waals surface area contributed by atoms with E-state index in [1.165, 1.54) is 0 Å². The number of ketones is 1. The quantitative estimate of drug-likeness (QED) is 0.506. The average molecular weight is 185 g/mol. The lowest BCUT2D eigenvalue weighted by molar-refractivity contribution is -0.154. The van der Waals surface area contributed by atoms with Gasteiger partial charge in [-0.15, -0.1) is 0 Å². The molecule has 0 bridgehead atoms. The second-order valence-electron chi connectivity index (χ2n) is 3.09. The van der Waals surface area contributed by atoms with Crippen molar-refractivity contribution >= 4 is 11.8 Å². The summed E-state index contributed by atoms with van der Waals surface area (Å²) < 4.78 is 4.63. The molecule has 0 aromatic carbocycles. The summed E-state index contributed by atoms with van der Waals surface area (Å²) >= 11 is 0. The van der Waals surface area contributed by atoms with Crippen molar-refractivity contribution in [2.75, 3.05) is 13.2 Å². The highest BCUT2D eigenvalue weighted by atomic mass is 16.5. The lowest BCUT2D eigenvalue weighted by atomic mass is 10.0. The highest BCUT2D eigenvalue weighted by Crippen LogP contribution is 2.08. The number of esters is 1. The molecule has 0 aromatic heterocycles. The zero-order chi connectivity index (χ0) is 9.68. The predicted molar refractivity (Wildman–Crippen MR) is 47.3 cm³/mol. The average Bonchev–Trinajstić information content (AvgIpc) is 2.18. The highest BCUT2D eigenvalue weighted by molar-refractivity contribution is 6.35. The number of carbonyl (C=O) groups excluding carboxylic acids is 2. The van der Waals surface area contributed by atoms with Gasteiger partial charge in [-0.05, 0) is 26.3 Å². The van der Waals surface area contributed by atoms with Gasteiger partial charge in [0.25, 0.3) is 5.78 Å². The van der Waals surface area contributed by atoms with Crippen molar-refractivity contribution in [3.63, 3.8) is 0 Å². The topological polar surface area (TPSA) is 55.4 Å². The van der Waals surface area contributed by atoms with Crippen LogP contribution in [0, 0.1) is 0 Å². The summed E-state index contributed by atoms with van der Waals surface area (Å²) in [4.78, 5) is 22.4. The summed E-state index contributed by atoms with van der Waals surface area (Å²) in [6, 6.07) is -0.312. The van der Waals surface area contributed by atoms with E-state index in [9.17, 15) is 9.59 Å². The number of rotatable bonds is 3. The Kier molecular flexibility index (Phi) is 3.89. The van der Waals surface area contributed by atoms with Gasteiger partial charge >= 0.3 is 5.97 Å². The Morgan fingerprint density at radius 3 is 2.77 bits per heavy atom. The highest BCUT2D eigenvalue weighted by Gasteiger charge is 2.27. The molecule has 0 amide bonds. The normalized spacial score (nSPS) is 22.4. The van der Waals surface area contributed by atoms with Crippen molar-refractivity contribution < 1.29 is 14.3 Å². The molecule has 0 radical (unpaired) electrons. The Bertz CT molecular complexity index is 197. The first-order valence-electron chi connectivity index (χ1n) is 4.70. The van der Waals surface area contributed by atoms with Gasteiger partial charge in [0.05, 0.1) is 12.6 Å². The van der Waals surface area contributed by atoms with E-state index in [2.05, 4.69) is 10.1 Å². The summed E-state index contributed by atoms with van der Waals surface area (Å²) in [5.74, 6) is -1.14. The van der Waals surface area contributed by atoms with Crippen LogP contribution in [0.5, 0.6) is 0 Å². The fraction of sp³-hybridized carbons (Fsp3) is 0.778. The van der Waals surface area contributed by atoms with Crippen LogP contribution in [0.15, 0.2) is 0 Å². The molecule has 1 unspecified atom stereocenters. The third-order valence-corrected chi connectivity index (χ3v) is 2.10. The molecule has 1 aliphatic heterocycles. The van der Waals surface area contributed by atoms with Crippen LogP contribution in [0.25, 0.3) is 0 Å². The minimum Gasteiger partial charge on any atom is -0.460 e. The molecule has 74 valence electrons. The Morgan fingerprint density at radius 1 is 1.46 bits per heavy atom. The van der Waals surface area contributed by atoms with E-state index in [-0.39, 0.29) is 12.6 Å². The molecular weight excluding hydrogens is 170 g/mol. The maximum Gasteiger partial charge on any atom is 0.376 e. The van der Waals surface area contributed by atoms with E-state index in [0.29, 0.717) is 0 Å². The summed E-state index contributed by atoms with van der Waals surface area (Å²) in [5, 5.41) is 3.01. The van der Waals surface area contributed by atoms with E-state index in [1.54, 1.807) is 6.92 Å². The Morgan fingerprint density at radius 2 is 2.23 bits per heavy atom. The number of Topliss-reactive ketones (excluding diaryl/α,β-unsaturated/α-hetero) is 1. The molecule has 0 aliphatic carbocycles. The van der Waals surface area contributed by atoms with Gasteiger partial charge in [0.2, 0.25) is 0 Å². The van der Waals surface area contributed by atoms with Crippen LogP contribution in [-0.4, -0.2) is 30.9 Å². The van der Waals surface area contributed by atoms with E-state index in [4.69, 9.17) is 0 Å². The summed E-state index contributed by atoms with van der Waals surface area (Å²) in [6.45, 7) is 2.77. The van der Waals surface area contributed by atoms with Gasteiger partial charge in [0, 0.05) is 0 Å². The number of hydrogen-bond acceptors (Lipinski definition) is 4. The Labute approximate surface area is 77.6 Å². The first kappa shape index (κ1) is 10.2. The van der Waals surface area contributed by atoms with Gasteiger partial charge in [-0.3, -0.25) is 4.79 Å². The molecular formula is C9H15NO3. The number of carbonyl (C=O) groups is 2. The third kappa shape index (κ3) is 2.81. The zero-order valence-corrected chi connectivity index (χ0v) is 7.84. The first-order chi connectivity index (χ1) is 6.25. The van der Waals surface area contributed by atoms with Crippen LogP contribution in [0.2, 0.25) is 0 Å². The molecule has 1 N–H and O–H groups in total. The molecule has 1 rings (SSSR count). The van der Waals surface area contributed by atoms with Crippen molar-refractivity contribution in [1.29, 1.82) is 0 Å². The lowest BCUT2D eigenvalue weighted by Gasteiger charge is -2.20. The molecule has 0 aromatic rings. The fourth-order valence-corrected chi connectivity index (χ4v) is 1.42. The smallest absolute Gasteiger partial charge is 0.376 e. The SMILES string of the molecule is CCOC(=O)C(=O)C1CCCCN1. The van der Waals surface area contributed by atoms with Crippen molar-refractivity contribution in [2.45, 2.75) is 32.2 Å². The summed E-state index contributed by atoms with van der Waals surface area (Å²) in [6.07, 6.45) is 2.83. The van der Waals surface area contributed by atoms with Gasteiger partial charge < -0.3 is 10.1 Å². The lowest BCUT2D eigenvalue weighted by Crippen LogP contribution is -2.44. The minimum absolute atomic E-state index is 0.261. The standard InChI is InChI=1S/C9H15NO3/c1-2-13-9(12)8(11)7-5-3-4-6-10-7/h7,10H,2-6H2,1H3. The molecule has 13 heavy (non-hydrogen) atoms. The van der Waals surface area contributed by atoms with Crippen LogP contribution < -0.4 is 5.32 Å². The molecule has 1 fully saturated rings. The van der Waals surface area contributed by atoms with Gasteiger partial charge in [0.1, 0.15) is 0 Å². The molecule has 0 saturated carbocycles. The van der Waals surface area contributed by atoms with E-state index >= 15 is 0 Å². The molecule has 4 nitrogen and oxygen atoms in total. The zero-order valence-electron chi connectivity index (χ0n) is 7.84. The summed E-state index contributed by atoms with van der Waals surface area (Å²) in [5.41, 5.74) is 0. The molecule has 1 aliphatic rings. The first-order valence-corrected chi connectivity index (χ1v) is 4.70. The van der Waals surface area contributed by atoms with Gasteiger partial charge in [0.15, 0.2) is 0 Å². The van der Waals surface area contributed by atoms with Crippen LogP contribution >= 0.6 is 0 Å². The third-order valence-electron chi connectivity index (χ3n) is 2.10. The van der Waals surface area contributed by atoms with E-state index < -0.39 is 11.8 Å². The number of hydrogen-bond donors (Lipinski definition) is 1. The number of piperidine rings is 1. The molecule has 1 saturated heterocycles. The second-order valence-corrected chi connectivity index (χ2v) is 3.09. The van der Waals surface area contributed by atoms with Crippen molar-refractivity contribution in [3.8, 4) is 0 Å². The molecule has 1 heterocycles. The minimum atomic E-state index is -0.707. The van der Waals surface area contributed by atoms with Crippen molar-refractivity contribution in [2.24, 2.45) is 0 Å². The van der Waals surface area contributed by atoms with Crippen LogP contribution in [0.3, 0.4) is 0 Å². The second kappa shape index (κ2) is 4.97. The van der Waals surface area contributed by atoms with Crippen LogP contribution in [0.1, 0.15) is 26.2 Å². The fourth-order valence-electron chi connectivity index (χ4n) is 1.42. The van der Waals surface area contributed by atoms with Crippen molar-refractivity contribution in [1.82, 2.24) is 5.32 Å². The van der Waals surface area contributed by atoms with E-state index in [1.807, 2.05) is 0 Å². The molecule has 0 spiro atoms.